The number of aldehydes is 1. The molecule has 0 aliphatic rings. The maximum Gasteiger partial charge on any atom is 0.258 e. The standard InChI is InChI=1S/C19H24N2O4/c1-3-21(4-2)17(18-6-5-11-24-18)12-20-19(23)14-25-16-9-7-15(13-22)8-10-16/h5-11,13,17H,3-4,12,14H2,1-2H3,(H,20,23). The van der Waals surface area contributed by atoms with Crippen molar-refractivity contribution in [2.45, 2.75) is 19.9 Å². The van der Waals surface area contributed by atoms with Crippen LogP contribution < -0.4 is 10.1 Å². The van der Waals surface area contributed by atoms with E-state index in [1.165, 1.54) is 0 Å². The number of likely N-dealkylation sites (N-methyl/N-ethyl adjacent to an activating group) is 1. The van der Waals surface area contributed by atoms with E-state index in [9.17, 15) is 9.59 Å². The van der Waals surface area contributed by atoms with Gasteiger partial charge in [-0.05, 0) is 49.5 Å². The second-order valence-corrected chi connectivity index (χ2v) is 5.53. The molecule has 0 saturated carbocycles. The Morgan fingerprint density at radius 1 is 1.24 bits per heavy atom. The molecule has 1 N–H and O–H groups in total. The topological polar surface area (TPSA) is 71.8 Å². The molecule has 134 valence electrons. The Labute approximate surface area is 147 Å². The predicted molar refractivity (Wildman–Crippen MR) is 94.7 cm³/mol. The fourth-order valence-electron chi connectivity index (χ4n) is 2.61. The number of hydrogen-bond acceptors (Lipinski definition) is 5. The second kappa shape index (κ2) is 9.64. The van der Waals surface area contributed by atoms with Crippen molar-refractivity contribution in [3.05, 3.63) is 54.0 Å². The molecule has 0 aliphatic carbocycles. The molecule has 1 unspecified atom stereocenters. The zero-order valence-corrected chi connectivity index (χ0v) is 14.6. The molecule has 1 aromatic heterocycles. The Bertz CT molecular complexity index is 649. The zero-order chi connectivity index (χ0) is 18.1. The van der Waals surface area contributed by atoms with Gasteiger partial charge in [0.15, 0.2) is 6.61 Å². The van der Waals surface area contributed by atoms with Gasteiger partial charge in [-0.15, -0.1) is 0 Å². The highest BCUT2D eigenvalue weighted by atomic mass is 16.5. The third-order valence-electron chi connectivity index (χ3n) is 4.00. The summed E-state index contributed by atoms with van der Waals surface area (Å²) in [7, 11) is 0. The number of benzene rings is 1. The number of hydrogen-bond donors (Lipinski definition) is 1. The number of ether oxygens (including phenoxy) is 1. The minimum Gasteiger partial charge on any atom is -0.484 e. The molecule has 1 aromatic carbocycles. The van der Waals surface area contributed by atoms with Gasteiger partial charge in [0.2, 0.25) is 0 Å². The van der Waals surface area contributed by atoms with E-state index in [1.54, 1.807) is 30.5 Å². The lowest BCUT2D eigenvalue weighted by Crippen LogP contribution is -2.39. The molecular weight excluding hydrogens is 320 g/mol. The molecule has 0 radical (unpaired) electrons. The Kier molecular flexibility index (Phi) is 7.22. The van der Waals surface area contributed by atoms with Gasteiger partial charge in [-0.2, -0.15) is 0 Å². The van der Waals surface area contributed by atoms with Crippen molar-refractivity contribution in [3.8, 4) is 5.75 Å². The lowest BCUT2D eigenvalue weighted by atomic mass is 10.2. The van der Waals surface area contributed by atoms with Crippen LogP contribution in [0.25, 0.3) is 0 Å². The van der Waals surface area contributed by atoms with Crippen LogP contribution in [-0.4, -0.2) is 43.3 Å². The Balaban J connectivity index is 1.86. The molecule has 1 amide bonds. The first-order chi connectivity index (χ1) is 12.2. The molecule has 25 heavy (non-hydrogen) atoms. The van der Waals surface area contributed by atoms with Crippen molar-refractivity contribution < 1.29 is 18.7 Å². The molecule has 0 saturated heterocycles. The van der Waals surface area contributed by atoms with Crippen LogP contribution in [-0.2, 0) is 4.79 Å². The van der Waals surface area contributed by atoms with Crippen LogP contribution in [0.4, 0.5) is 0 Å². The van der Waals surface area contributed by atoms with Crippen LogP contribution in [0.1, 0.15) is 36.0 Å². The minimum atomic E-state index is -0.205. The predicted octanol–water partition coefficient (Wildman–Crippen LogP) is 2.67. The summed E-state index contributed by atoms with van der Waals surface area (Å²) in [6.45, 7) is 6.24. The summed E-state index contributed by atoms with van der Waals surface area (Å²) in [4.78, 5) is 24.9. The maximum absolute atomic E-state index is 12.1. The molecule has 6 heteroatoms. The normalized spacial score (nSPS) is 12.0. The number of nitrogens with one attached hydrogen (secondary N) is 1. The molecule has 1 atom stereocenters. The maximum atomic E-state index is 12.1. The van der Waals surface area contributed by atoms with Gasteiger partial charge in [0, 0.05) is 12.1 Å². The van der Waals surface area contributed by atoms with E-state index in [0.29, 0.717) is 17.9 Å². The van der Waals surface area contributed by atoms with Gasteiger partial charge in [-0.25, -0.2) is 0 Å². The van der Waals surface area contributed by atoms with Crippen LogP contribution in [0.2, 0.25) is 0 Å². The highest BCUT2D eigenvalue weighted by Crippen LogP contribution is 2.20. The van der Waals surface area contributed by atoms with E-state index in [2.05, 4.69) is 24.1 Å². The lowest BCUT2D eigenvalue weighted by Gasteiger charge is -2.28. The minimum absolute atomic E-state index is 0.0131. The molecule has 0 bridgehead atoms. The monoisotopic (exact) mass is 344 g/mol. The van der Waals surface area contributed by atoms with Crippen molar-refractivity contribution >= 4 is 12.2 Å². The Hall–Kier alpha value is -2.60. The average molecular weight is 344 g/mol. The summed E-state index contributed by atoms with van der Waals surface area (Å²) in [5.74, 6) is 1.17. The van der Waals surface area contributed by atoms with Crippen LogP contribution in [0.15, 0.2) is 47.1 Å². The second-order valence-electron chi connectivity index (χ2n) is 5.53. The Morgan fingerprint density at radius 3 is 2.52 bits per heavy atom. The molecule has 2 aromatic rings. The number of furan rings is 1. The number of nitrogens with zero attached hydrogens (tertiary/aromatic N) is 1. The van der Waals surface area contributed by atoms with E-state index < -0.39 is 0 Å². The van der Waals surface area contributed by atoms with Gasteiger partial charge in [0.1, 0.15) is 17.8 Å². The van der Waals surface area contributed by atoms with Crippen molar-refractivity contribution in [2.75, 3.05) is 26.2 Å². The number of rotatable bonds is 10. The van der Waals surface area contributed by atoms with Gasteiger partial charge in [-0.3, -0.25) is 14.5 Å². The lowest BCUT2D eigenvalue weighted by molar-refractivity contribution is -0.123. The van der Waals surface area contributed by atoms with Gasteiger partial charge < -0.3 is 14.5 Å². The number of carbonyl (C=O) groups is 2. The fraction of sp³-hybridized carbons (Fsp3) is 0.368. The summed E-state index contributed by atoms with van der Waals surface area (Å²) >= 11 is 0. The van der Waals surface area contributed by atoms with Crippen molar-refractivity contribution in [3.63, 3.8) is 0 Å². The number of carbonyl (C=O) groups excluding carboxylic acids is 2. The molecule has 6 nitrogen and oxygen atoms in total. The largest absolute Gasteiger partial charge is 0.484 e. The quantitative estimate of drug-likeness (QED) is 0.671. The van der Waals surface area contributed by atoms with Crippen LogP contribution in [0.3, 0.4) is 0 Å². The molecule has 2 rings (SSSR count). The summed E-state index contributed by atoms with van der Waals surface area (Å²) < 4.78 is 10.9. The third kappa shape index (κ3) is 5.46. The van der Waals surface area contributed by atoms with E-state index in [-0.39, 0.29) is 18.6 Å². The first-order valence-electron chi connectivity index (χ1n) is 8.40. The molecule has 0 spiro atoms. The average Bonchev–Trinajstić information content (AvgIpc) is 3.18. The summed E-state index contributed by atoms with van der Waals surface area (Å²) in [6.07, 6.45) is 2.40. The van der Waals surface area contributed by atoms with Crippen molar-refractivity contribution in [1.29, 1.82) is 0 Å². The molecule has 0 fully saturated rings. The third-order valence-corrected chi connectivity index (χ3v) is 4.00. The van der Waals surface area contributed by atoms with Crippen LogP contribution in [0, 0.1) is 0 Å². The Morgan fingerprint density at radius 2 is 1.96 bits per heavy atom. The van der Waals surface area contributed by atoms with Gasteiger partial charge in [-0.1, -0.05) is 13.8 Å². The first kappa shape index (κ1) is 18.7. The molecule has 1 heterocycles. The van der Waals surface area contributed by atoms with E-state index in [0.717, 1.165) is 25.1 Å². The van der Waals surface area contributed by atoms with Gasteiger partial charge >= 0.3 is 0 Å². The highest BCUT2D eigenvalue weighted by molar-refractivity contribution is 5.77. The first-order valence-corrected chi connectivity index (χ1v) is 8.40. The van der Waals surface area contributed by atoms with Crippen LogP contribution in [0.5, 0.6) is 5.75 Å². The van der Waals surface area contributed by atoms with E-state index in [4.69, 9.17) is 9.15 Å². The zero-order valence-electron chi connectivity index (χ0n) is 14.6. The number of amides is 1. The summed E-state index contributed by atoms with van der Waals surface area (Å²) in [6, 6.07) is 10.4. The SMILES string of the molecule is CCN(CC)C(CNC(=O)COc1ccc(C=O)cc1)c1ccco1. The van der Waals surface area contributed by atoms with E-state index in [1.807, 2.05) is 12.1 Å². The summed E-state index contributed by atoms with van der Waals surface area (Å²) in [5, 5.41) is 2.89. The van der Waals surface area contributed by atoms with Crippen LogP contribution >= 0.6 is 0 Å². The molecule has 0 aliphatic heterocycles. The van der Waals surface area contributed by atoms with Crippen molar-refractivity contribution in [1.82, 2.24) is 10.2 Å². The van der Waals surface area contributed by atoms with Gasteiger partial charge in [0.05, 0.1) is 12.3 Å². The highest BCUT2D eigenvalue weighted by Gasteiger charge is 2.21. The smallest absolute Gasteiger partial charge is 0.258 e. The molecular formula is C19H24N2O4. The summed E-state index contributed by atoms with van der Waals surface area (Å²) in [5.41, 5.74) is 0.567. The van der Waals surface area contributed by atoms with Gasteiger partial charge in [0.25, 0.3) is 5.91 Å². The van der Waals surface area contributed by atoms with E-state index >= 15 is 0 Å². The van der Waals surface area contributed by atoms with Crippen molar-refractivity contribution in [2.24, 2.45) is 0 Å². The fourth-order valence-corrected chi connectivity index (χ4v) is 2.61.